The molecule has 0 aliphatic rings. The van der Waals surface area contributed by atoms with Crippen LogP contribution in [0.1, 0.15) is 17.2 Å². The Morgan fingerprint density at radius 2 is 1.68 bits per heavy atom. The van der Waals surface area contributed by atoms with E-state index in [0.29, 0.717) is 6.54 Å². The second-order valence-corrected chi connectivity index (χ2v) is 4.29. The van der Waals surface area contributed by atoms with E-state index in [1.165, 1.54) is 18.2 Å². The molecule has 0 fully saturated rings. The molecule has 0 saturated carbocycles. The van der Waals surface area contributed by atoms with Gasteiger partial charge in [-0.15, -0.1) is 0 Å². The van der Waals surface area contributed by atoms with Crippen molar-refractivity contribution >= 4 is 0 Å². The van der Waals surface area contributed by atoms with Gasteiger partial charge < -0.3 is 10.4 Å². The lowest BCUT2D eigenvalue weighted by Gasteiger charge is -2.13. The van der Waals surface area contributed by atoms with E-state index < -0.39 is 11.9 Å². The Morgan fingerprint density at radius 1 is 1.00 bits per heavy atom. The first-order valence-electron chi connectivity index (χ1n) is 6.04. The molecule has 2 nitrogen and oxygen atoms in total. The number of hydrogen-bond acceptors (Lipinski definition) is 2. The first-order chi connectivity index (χ1) is 9.16. The summed E-state index contributed by atoms with van der Waals surface area (Å²) >= 11 is 0. The summed E-state index contributed by atoms with van der Waals surface area (Å²) in [6.45, 7) is 0.726. The van der Waals surface area contributed by atoms with Crippen molar-refractivity contribution in [2.45, 2.75) is 12.6 Å². The van der Waals surface area contributed by atoms with Crippen LogP contribution in [0.5, 0.6) is 0 Å². The molecule has 100 valence electrons. The summed E-state index contributed by atoms with van der Waals surface area (Å²) in [6.07, 6.45) is -0.901. The molecule has 0 bridgehead atoms. The van der Waals surface area contributed by atoms with Crippen molar-refractivity contribution in [3.8, 4) is 0 Å². The summed E-state index contributed by atoms with van der Waals surface area (Å²) in [5, 5.41) is 12.9. The number of rotatable bonds is 5. The molecule has 19 heavy (non-hydrogen) atoms. The minimum Gasteiger partial charge on any atom is -0.387 e. The third-order valence-corrected chi connectivity index (χ3v) is 2.84. The van der Waals surface area contributed by atoms with Gasteiger partial charge in [0.25, 0.3) is 0 Å². The fourth-order valence-corrected chi connectivity index (χ4v) is 1.81. The van der Waals surface area contributed by atoms with Crippen molar-refractivity contribution in [2.24, 2.45) is 0 Å². The first-order valence-corrected chi connectivity index (χ1v) is 6.04. The second-order valence-electron chi connectivity index (χ2n) is 4.29. The molecule has 0 aliphatic heterocycles. The van der Waals surface area contributed by atoms with Gasteiger partial charge in [0.15, 0.2) is 0 Å². The van der Waals surface area contributed by atoms with Crippen molar-refractivity contribution in [3.63, 3.8) is 0 Å². The number of aliphatic hydroxyl groups is 1. The van der Waals surface area contributed by atoms with Crippen LogP contribution in [-0.4, -0.2) is 11.7 Å². The molecular formula is C15H15F2NO. The van der Waals surface area contributed by atoms with E-state index in [1.54, 1.807) is 30.3 Å². The number of benzene rings is 2. The standard InChI is InChI=1S/C15H15F2NO/c16-12-7-5-11(6-8-12)9-18-10-15(19)13-3-1-2-4-14(13)17/h1-8,15,18-19H,9-10H2/t15-/m0/s1. The summed E-state index contributed by atoms with van der Waals surface area (Å²) in [4.78, 5) is 0. The third-order valence-electron chi connectivity index (χ3n) is 2.84. The molecule has 0 aliphatic carbocycles. The Bertz CT molecular complexity index is 528. The summed E-state index contributed by atoms with van der Waals surface area (Å²) < 4.78 is 26.1. The van der Waals surface area contributed by atoms with E-state index in [0.717, 1.165) is 5.56 Å². The topological polar surface area (TPSA) is 32.3 Å². The Balaban J connectivity index is 1.86. The minimum atomic E-state index is -0.901. The largest absolute Gasteiger partial charge is 0.387 e. The van der Waals surface area contributed by atoms with Gasteiger partial charge in [0.1, 0.15) is 11.6 Å². The molecule has 2 aromatic carbocycles. The van der Waals surface area contributed by atoms with Crippen LogP contribution in [0.2, 0.25) is 0 Å². The van der Waals surface area contributed by atoms with Crippen molar-refractivity contribution < 1.29 is 13.9 Å². The quantitative estimate of drug-likeness (QED) is 0.869. The van der Waals surface area contributed by atoms with Gasteiger partial charge in [-0.05, 0) is 23.8 Å². The van der Waals surface area contributed by atoms with Crippen molar-refractivity contribution in [1.29, 1.82) is 0 Å². The Labute approximate surface area is 110 Å². The number of aliphatic hydroxyl groups excluding tert-OH is 1. The van der Waals surface area contributed by atoms with E-state index in [4.69, 9.17) is 0 Å². The van der Waals surface area contributed by atoms with Gasteiger partial charge in [-0.3, -0.25) is 0 Å². The maximum absolute atomic E-state index is 13.4. The molecule has 0 amide bonds. The molecule has 2 rings (SSSR count). The highest BCUT2D eigenvalue weighted by molar-refractivity contribution is 5.20. The number of nitrogens with one attached hydrogen (secondary N) is 1. The van der Waals surface area contributed by atoms with Crippen LogP contribution >= 0.6 is 0 Å². The van der Waals surface area contributed by atoms with E-state index in [2.05, 4.69) is 5.32 Å². The van der Waals surface area contributed by atoms with Crippen LogP contribution in [0.15, 0.2) is 48.5 Å². The van der Waals surface area contributed by atoms with Crippen LogP contribution in [0.25, 0.3) is 0 Å². The lowest BCUT2D eigenvalue weighted by molar-refractivity contribution is 0.169. The SMILES string of the molecule is O[C@@H](CNCc1ccc(F)cc1)c1ccccc1F. The summed E-state index contributed by atoms with van der Waals surface area (Å²) in [5.74, 6) is -0.700. The zero-order chi connectivity index (χ0) is 13.7. The predicted octanol–water partition coefficient (Wildman–Crippen LogP) is 2.79. The van der Waals surface area contributed by atoms with E-state index in [1.807, 2.05) is 0 Å². The Hall–Kier alpha value is -1.78. The van der Waals surface area contributed by atoms with E-state index in [9.17, 15) is 13.9 Å². The monoisotopic (exact) mass is 263 g/mol. The molecule has 0 radical (unpaired) electrons. The second kappa shape index (κ2) is 6.41. The van der Waals surface area contributed by atoms with Gasteiger partial charge in [-0.2, -0.15) is 0 Å². The number of halogens is 2. The highest BCUT2D eigenvalue weighted by atomic mass is 19.1. The first kappa shape index (κ1) is 13.6. The zero-order valence-electron chi connectivity index (χ0n) is 10.3. The lowest BCUT2D eigenvalue weighted by Crippen LogP contribution is -2.21. The van der Waals surface area contributed by atoms with Crippen LogP contribution in [0.3, 0.4) is 0 Å². The summed E-state index contributed by atoms with van der Waals surface area (Å²) in [7, 11) is 0. The minimum absolute atomic E-state index is 0.234. The van der Waals surface area contributed by atoms with Gasteiger partial charge in [0.05, 0.1) is 6.10 Å². The average Bonchev–Trinajstić information content (AvgIpc) is 2.41. The molecule has 0 unspecified atom stereocenters. The van der Waals surface area contributed by atoms with Gasteiger partial charge in [-0.1, -0.05) is 30.3 Å². The molecule has 0 aromatic heterocycles. The van der Waals surface area contributed by atoms with Gasteiger partial charge >= 0.3 is 0 Å². The van der Waals surface area contributed by atoms with Crippen LogP contribution in [0, 0.1) is 11.6 Å². The predicted molar refractivity (Wildman–Crippen MR) is 69.5 cm³/mol. The van der Waals surface area contributed by atoms with Crippen LogP contribution in [-0.2, 0) is 6.54 Å². The summed E-state index contributed by atoms with van der Waals surface area (Å²) in [6, 6.07) is 12.2. The van der Waals surface area contributed by atoms with Crippen LogP contribution in [0.4, 0.5) is 8.78 Å². The van der Waals surface area contributed by atoms with Gasteiger partial charge in [-0.25, -0.2) is 8.78 Å². The van der Waals surface area contributed by atoms with Gasteiger partial charge in [0, 0.05) is 18.7 Å². The molecule has 1 atom stereocenters. The molecule has 2 aromatic rings. The van der Waals surface area contributed by atoms with E-state index >= 15 is 0 Å². The Morgan fingerprint density at radius 3 is 2.37 bits per heavy atom. The van der Waals surface area contributed by atoms with Gasteiger partial charge in [0.2, 0.25) is 0 Å². The maximum Gasteiger partial charge on any atom is 0.129 e. The fraction of sp³-hybridized carbons (Fsp3) is 0.200. The molecule has 2 N–H and O–H groups in total. The highest BCUT2D eigenvalue weighted by Gasteiger charge is 2.11. The normalized spacial score (nSPS) is 12.4. The van der Waals surface area contributed by atoms with Crippen molar-refractivity contribution in [2.75, 3.05) is 6.54 Å². The third kappa shape index (κ3) is 3.84. The average molecular weight is 263 g/mol. The Kier molecular flexibility index (Phi) is 4.60. The summed E-state index contributed by atoms with van der Waals surface area (Å²) in [5.41, 5.74) is 1.18. The number of hydrogen-bond donors (Lipinski definition) is 2. The molecule has 4 heteroatoms. The molecule has 0 saturated heterocycles. The maximum atomic E-state index is 13.4. The molecule has 0 spiro atoms. The van der Waals surface area contributed by atoms with Crippen LogP contribution < -0.4 is 5.32 Å². The smallest absolute Gasteiger partial charge is 0.129 e. The zero-order valence-corrected chi connectivity index (χ0v) is 10.3. The lowest BCUT2D eigenvalue weighted by atomic mass is 10.1. The fourth-order valence-electron chi connectivity index (χ4n) is 1.81. The van der Waals surface area contributed by atoms with Crippen molar-refractivity contribution in [3.05, 3.63) is 71.3 Å². The van der Waals surface area contributed by atoms with E-state index in [-0.39, 0.29) is 17.9 Å². The molecule has 0 heterocycles. The molecular weight excluding hydrogens is 248 g/mol. The van der Waals surface area contributed by atoms with Crippen molar-refractivity contribution in [1.82, 2.24) is 5.32 Å². The highest BCUT2D eigenvalue weighted by Crippen LogP contribution is 2.15.